The summed E-state index contributed by atoms with van der Waals surface area (Å²) >= 11 is 0. The van der Waals surface area contributed by atoms with E-state index in [2.05, 4.69) is 35.0 Å². The van der Waals surface area contributed by atoms with Gasteiger partial charge in [0.05, 0.1) is 56.5 Å². The van der Waals surface area contributed by atoms with E-state index in [4.69, 9.17) is 19.3 Å². The molecule has 0 radical (unpaired) electrons. The molecule has 0 spiro atoms. The van der Waals surface area contributed by atoms with Crippen molar-refractivity contribution in [1.82, 2.24) is 19.7 Å². The van der Waals surface area contributed by atoms with Crippen LogP contribution in [0.15, 0.2) is 60.7 Å². The zero-order valence-electron chi connectivity index (χ0n) is 26.2. The Morgan fingerprint density at radius 3 is 2.58 bits per heavy atom. The Kier molecular flexibility index (Phi) is 9.78. The number of aromatic nitrogens is 3. The van der Waals surface area contributed by atoms with Gasteiger partial charge in [-0.15, -0.1) is 0 Å². The molecule has 3 aromatic carbocycles. The van der Waals surface area contributed by atoms with E-state index < -0.39 is 0 Å². The second-order valence-corrected chi connectivity index (χ2v) is 11.3. The van der Waals surface area contributed by atoms with Gasteiger partial charge < -0.3 is 24.3 Å². The number of benzene rings is 3. The SMILES string of the molecule is CCOC(=O)c1[nH]c2c(-c3c(CC)nn(CCN4CCOCC4)c3CO)cccc2c1CCCOc1cccc2ccccc12. The highest BCUT2D eigenvalue weighted by Crippen LogP contribution is 2.37. The predicted octanol–water partition coefficient (Wildman–Crippen LogP) is 5.76. The lowest BCUT2D eigenvalue weighted by molar-refractivity contribution is 0.0357. The number of aromatic amines is 1. The number of morpholine rings is 1. The van der Waals surface area contributed by atoms with Crippen LogP contribution < -0.4 is 4.74 Å². The molecule has 0 unspecified atom stereocenters. The monoisotopic (exact) mass is 610 g/mol. The first kappa shape index (κ1) is 30.8. The minimum atomic E-state index is -0.371. The van der Waals surface area contributed by atoms with E-state index in [1.165, 1.54) is 0 Å². The molecule has 0 aliphatic carbocycles. The van der Waals surface area contributed by atoms with Crippen LogP contribution in [0.1, 0.15) is 47.7 Å². The zero-order chi connectivity index (χ0) is 31.2. The third kappa shape index (κ3) is 6.47. The minimum absolute atomic E-state index is 0.133. The Balaban J connectivity index is 1.30. The molecular weight excluding hydrogens is 568 g/mol. The predicted molar refractivity (Wildman–Crippen MR) is 176 cm³/mol. The Hall–Kier alpha value is -4.18. The zero-order valence-corrected chi connectivity index (χ0v) is 26.2. The van der Waals surface area contributed by atoms with E-state index >= 15 is 0 Å². The number of carbonyl (C=O) groups excluding carboxylic acids is 1. The molecular formula is C36H42N4O5. The summed E-state index contributed by atoms with van der Waals surface area (Å²) in [5.41, 5.74) is 5.78. The van der Waals surface area contributed by atoms with Gasteiger partial charge in [0.25, 0.3) is 0 Å². The number of hydrogen-bond donors (Lipinski definition) is 2. The molecule has 6 rings (SSSR count). The van der Waals surface area contributed by atoms with Gasteiger partial charge >= 0.3 is 5.97 Å². The number of carbonyl (C=O) groups is 1. The molecule has 2 aromatic heterocycles. The van der Waals surface area contributed by atoms with Crippen molar-refractivity contribution in [2.45, 2.75) is 46.3 Å². The van der Waals surface area contributed by atoms with Crippen LogP contribution in [-0.4, -0.2) is 76.8 Å². The number of rotatable bonds is 13. The number of ether oxygens (including phenoxy) is 3. The van der Waals surface area contributed by atoms with Gasteiger partial charge in [-0.1, -0.05) is 61.5 Å². The molecule has 0 saturated carbocycles. The number of para-hydroxylation sites is 1. The lowest BCUT2D eigenvalue weighted by Crippen LogP contribution is -2.38. The van der Waals surface area contributed by atoms with Crippen molar-refractivity contribution in [2.24, 2.45) is 0 Å². The van der Waals surface area contributed by atoms with Gasteiger partial charge in [-0.05, 0) is 43.2 Å². The molecule has 1 saturated heterocycles. The Morgan fingerprint density at radius 1 is 1.00 bits per heavy atom. The number of aliphatic hydroxyl groups excluding tert-OH is 1. The number of esters is 1. The first-order valence-corrected chi connectivity index (χ1v) is 16.0. The van der Waals surface area contributed by atoms with Crippen LogP contribution in [0.5, 0.6) is 5.75 Å². The number of nitrogens with zero attached hydrogens (tertiary/aromatic N) is 3. The van der Waals surface area contributed by atoms with Gasteiger partial charge in [0.2, 0.25) is 0 Å². The second kappa shape index (κ2) is 14.3. The molecule has 5 aromatic rings. The van der Waals surface area contributed by atoms with Crippen LogP contribution in [-0.2, 0) is 35.5 Å². The quantitative estimate of drug-likeness (QED) is 0.129. The number of hydrogen-bond acceptors (Lipinski definition) is 7. The maximum absolute atomic E-state index is 13.2. The highest BCUT2D eigenvalue weighted by molar-refractivity contribution is 6.04. The number of aliphatic hydroxyl groups is 1. The third-order valence-corrected chi connectivity index (χ3v) is 8.62. The van der Waals surface area contributed by atoms with E-state index in [0.29, 0.717) is 38.1 Å². The van der Waals surface area contributed by atoms with Crippen molar-refractivity contribution in [1.29, 1.82) is 0 Å². The van der Waals surface area contributed by atoms with Crippen molar-refractivity contribution in [3.8, 4) is 16.9 Å². The van der Waals surface area contributed by atoms with Gasteiger partial charge in [0.1, 0.15) is 11.4 Å². The lowest BCUT2D eigenvalue weighted by Gasteiger charge is -2.26. The molecule has 45 heavy (non-hydrogen) atoms. The molecule has 1 fully saturated rings. The van der Waals surface area contributed by atoms with Gasteiger partial charge in [0, 0.05) is 41.5 Å². The summed E-state index contributed by atoms with van der Waals surface area (Å²) in [5, 5.41) is 18.7. The standard InChI is InChI=1S/C36H42N4O5/c1-3-30-33(31(24-41)40(38-30)18-17-39-19-22-43-23-20-39)29-14-8-13-27-28(35(37-34(27)29)36(42)44-4-2)15-9-21-45-32-16-7-11-25-10-5-6-12-26(25)32/h5-8,10-14,16,37,41H,3-4,9,15,17-24H2,1-2H3. The van der Waals surface area contributed by atoms with E-state index in [9.17, 15) is 9.90 Å². The molecule has 1 aliphatic rings. The smallest absolute Gasteiger partial charge is 0.355 e. The molecule has 9 heteroatoms. The molecule has 2 N–H and O–H groups in total. The average Bonchev–Trinajstić information content (AvgIpc) is 3.64. The maximum Gasteiger partial charge on any atom is 0.355 e. The third-order valence-electron chi connectivity index (χ3n) is 8.62. The van der Waals surface area contributed by atoms with Gasteiger partial charge in [0.15, 0.2) is 0 Å². The van der Waals surface area contributed by atoms with Crippen molar-refractivity contribution in [3.63, 3.8) is 0 Å². The molecule has 1 aliphatic heterocycles. The summed E-state index contributed by atoms with van der Waals surface area (Å²) in [6.45, 7) is 9.36. The summed E-state index contributed by atoms with van der Waals surface area (Å²) in [6, 6.07) is 20.4. The van der Waals surface area contributed by atoms with Gasteiger partial charge in [-0.25, -0.2) is 4.79 Å². The van der Waals surface area contributed by atoms with E-state index in [0.717, 1.165) is 88.4 Å². The van der Waals surface area contributed by atoms with Crippen LogP contribution >= 0.6 is 0 Å². The van der Waals surface area contributed by atoms with Crippen molar-refractivity contribution in [2.75, 3.05) is 46.1 Å². The fraction of sp³-hybridized carbons (Fsp3) is 0.389. The Labute approximate surface area is 263 Å². The summed E-state index contributed by atoms with van der Waals surface area (Å²) in [7, 11) is 0. The van der Waals surface area contributed by atoms with Crippen molar-refractivity contribution in [3.05, 3.63) is 83.3 Å². The summed E-state index contributed by atoms with van der Waals surface area (Å²) in [4.78, 5) is 19.0. The fourth-order valence-corrected chi connectivity index (χ4v) is 6.39. The molecule has 9 nitrogen and oxygen atoms in total. The van der Waals surface area contributed by atoms with E-state index in [1.807, 2.05) is 54.1 Å². The van der Waals surface area contributed by atoms with Gasteiger partial charge in [-0.2, -0.15) is 5.10 Å². The van der Waals surface area contributed by atoms with Crippen LogP contribution in [0.25, 0.3) is 32.8 Å². The fourth-order valence-electron chi connectivity index (χ4n) is 6.39. The highest BCUT2D eigenvalue weighted by atomic mass is 16.5. The van der Waals surface area contributed by atoms with Crippen LogP contribution in [0.3, 0.4) is 0 Å². The van der Waals surface area contributed by atoms with Crippen LogP contribution in [0.2, 0.25) is 0 Å². The molecule has 3 heterocycles. The molecule has 0 amide bonds. The Morgan fingerprint density at radius 2 is 1.78 bits per heavy atom. The maximum atomic E-state index is 13.2. The lowest BCUT2D eigenvalue weighted by atomic mass is 9.97. The van der Waals surface area contributed by atoms with Crippen LogP contribution in [0.4, 0.5) is 0 Å². The van der Waals surface area contributed by atoms with E-state index in [-0.39, 0.29) is 19.2 Å². The second-order valence-electron chi connectivity index (χ2n) is 11.3. The van der Waals surface area contributed by atoms with Crippen LogP contribution in [0, 0.1) is 0 Å². The van der Waals surface area contributed by atoms with Gasteiger partial charge in [-0.3, -0.25) is 9.58 Å². The number of nitrogens with one attached hydrogen (secondary N) is 1. The average molecular weight is 611 g/mol. The number of aryl methyl sites for hydroxylation is 2. The first-order valence-electron chi connectivity index (χ1n) is 16.0. The minimum Gasteiger partial charge on any atom is -0.493 e. The van der Waals surface area contributed by atoms with Crippen molar-refractivity contribution < 1.29 is 24.1 Å². The van der Waals surface area contributed by atoms with E-state index in [1.54, 1.807) is 0 Å². The number of H-pyrrole nitrogens is 1. The molecule has 0 bridgehead atoms. The normalized spacial score (nSPS) is 13.9. The number of fused-ring (bicyclic) bond motifs is 2. The summed E-state index contributed by atoms with van der Waals surface area (Å²) in [5.74, 6) is 0.484. The summed E-state index contributed by atoms with van der Waals surface area (Å²) < 4.78 is 19.2. The van der Waals surface area contributed by atoms with Crippen molar-refractivity contribution >= 4 is 27.6 Å². The topological polar surface area (TPSA) is 102 Å². The molecule has 236 valence electrons. The molecule has 0 atom stereocenters. The summed E-state index contributed by atoms with van der Waals surface area (Å²) in [6.07, 6.45) is 2.07. The first-order chi connectivity index (χ1) is 22.1. The Bertz CT molecular complexity index is 1760. The highest BCUT2D eigenvalue weighted by Gasteiger charge is 2.25. The largest absolute Gasteiger partial charge is 0.493 e.